The minimum atomic E-state index is 1.12. The Labute approximate surface area is 304 Å². The molecular formula is C48H31NS2. The van der Waals surface area contributed by atoms with E-state index in [0.29, 0.717) is 0 Å². The minimum absolute atomic E-state index is 1.12. The van der Waals surface area contributed by atoms with Crippen LogP contribution in [0.4, 0.5) is 17.1 Å². The van der Waals surface area contributed by atoms with Gasteiger partial charge in [0.1, 0.15) is 0 Å². The third kappa shape index (κ3) is 5.21. The van der Waals surface area contributed by atoms with Gasteiger partial charge in [-0.25, -0.2) is 0 Å². The highest BCUT2D eigenvalue weighted by molar-refractivity contribution is 7.26. The fourth-order valence-electron chi connectivity index (χ4n) is 7.42. The highest BCUT2D eigenvalue weighted by atomic mass is 32.1. The van der Waals surface area contributed by atoms with Gasteiger partial charge in [-0.15, -0.1) is 22.7 Å². The maximum atomic E-state index is 2.50. The Kier molecular flexibility index (Phi) is 7.26. The van der Waals surface area contributed by atoms with Gasteiger partial charge in [-0.3, -0.25) is 0 Å². The van der Waals surface area contributed by atoms with Gasteiger partial charge in [0.05, 0.1) is 10.4 Å². The number of hydrogen-bond donors (Lipinski definition) is 0. The number of nitrogens with zero attached hydrogens (tertiary/aromatic N) is 1. The van der Waals surface area contributed by atoms with E-state index in [0.717, 1.165) is 11.4 Å². The molecule has 0 radical (unpaired) electrons. The lowest BCUT2D eigenvalue weighted by molar-refractivity contribution is 1.31. The Bertz CT molecular complexity index is 2850. The van der Waals surface area contributed by atoms with Crippen molar-refractivity contribution in [3.8, 4) is 33.4 Å². The lowest BCUT2D eigenvalue weighted by atomic mass is 9.97. The molecule has 1 nitrogen and oxygen atoms in total. The first kappa shape index (κ1) is 29.9. The van der Waals surface area contributed by atoms with E-state index < -0.39 is 0 Å². The fourth-order valence-corrected chi connectivity index (χ4v) is 9.75. The predicted octanol–water partition coefficient (Wildman–Crippen LogP) is 14.9. The number of rotatable bonds is 6. The number of hydrogen-bond acceptors (Lipinski definition) is 3. The van der Waals surface area contributed by atoms with E-state index in [4.69, 9.17) is 0 Å². The molecule has 3 heteroatoms. The second kappa shape index (κ2) is 12.4. The summed E-state index contributed by atoms with van der Waals surface area (Å²) in [4.78, 5) is 2.50. The monoisotopic (exact) mass is 685 g/mol. The Hall–Kier alpha value is -6.00. The van der Waals surface area contributed by atoms with E-state index in [-0.39, 0.29) is 0 Å². The van der Waals surface area contributed by atoms with E-state index in [2.05, 4.69) is 193 Å². The van der Waals surface area contributed by atoms with Crippen molar-refractivity contribution >= 4 is 80.1 Å². The van der Waals surface area contributed by atoms with E-state index in [1.54, 1.807) is 0 Å². The molecule has 2 aromatic heterocycles. The molecule has 0 bridgehead atoms. The summed E-state index contributed by atoms with van der Waals surface area (Å²) in [6.07, 6.45) is 0. The van der Waals surface area contributed by atoms with Crippen molar-refractivity contribution in [2.45, 2.75) is 0 Å². The number of benzene rings is 8. The van der Waals surface area contributed by atoms with Gasteiger partial charge in [0.2, 0.25) is 0 Å². The Morgan fingerprint density at radius 1 is 0.314 bits per heavy atom. The molecule has 10 rings (SSSR count). The van der Waals surface area contributed by atoms with E-state index in [1.807, 2.05) is 22.7 Å². The molecule has 0 unspecified atom stereocenters. The number of fused-ring (bicyclic) bond motifs is 6. The van der Waals surface area contributed by atoms with Gasteiger partial charge >= 0.3 is 0 Å². The van der Waals surface area contributed by atoms with Gasteiger partial charge in [0, 0.05) is 52.6 Å². The molecule has 0 aliphatic heterocycles. The van der Waals surface area contributed by atoms with Crippen molar-refractivity contribution in [2.75, 3.05) is 4.90 Å². The Morgan fingerprint density at radius 3 is 1.59 bits per heavy atom. The van der Waals surface area contributed by atoms with Crippen molar-refractivity contribution in [3.05, 3.63) is 188 Å². The highest BCUT2D eigenvalue weighted by Gasteiger charge is 2.23. The van der Waals surface area contributed by atoms with Crippen LogP contribution in [-0.4, -0.2) is 0 Å². The van der Waals surface area contributed by atoms with Crippen LogP contribution in [0, 0.1) is 0 Å². The summed E-state index contributed by atoms with van der Waals surface area (Å²) in [6.45, 7) is 0. The van der Waals surface area contributed by atoms with Crippen LogP contribution in [0.2, 0.25) is 0 Å². The van der Waals surface area contributed by atoms with Gasteiger partial charge in [-0.2, -0.15) is 0 Å². The van der Waals surface area contributed by atoms with Crippen LogP contribution in [-0.2, 0) is 0 Å². The average molecular weight is 686 g/mol. The van der Waals surface area contributed by atoms with Crippen molar-refractivity contribution in [2.24, 2.45) is 0 Å². The number of thiophene rings is 2. The van der Waals surface area contributed by atoms with Crippen LogP contribution < -0.4 is 4.90 Å². The van der Waals surface area contributed by atoms with Crippen LogP contribution in [0.3, 0.4) is 0 Å². The van der Waals surface area contributed by atoms with Crippen molar-refractivity contribution in [1.29, 1.82) is 0 Å². The summed E-state index contributed by atoms with van der Waals surface area (Å²) in [5.41, 5.74) is 10.7. The molecule has 0 atom stereocenters. The number of anilines is 3. The summed E-state index contributed by atoms with van der Waals surface area (Å²) in [6, 6.07) is 68.7. The molecule has 8 aromatic carbocycles. The van der Waals surface area contributed by atoms with Gasteiger partial charge in [0.15, 0.2) is 0 Å². The second-order valence-electron chi connectivity index (χ2n) is 12.9. The first-order valence-electron chi connectivity index (χ1n) is 17.3. The fraction of sp³-hybridized carbons (Fsp3) is 0. The Morgan fingerprint density at radius 2 is 0.863 bits per heavy atom. The SMILES string of the molecule is c1ccc(-c2cccc(-c3ccc(N(c4ccc5sc6ccccc6c5c4)c4c(-c5ccccc5)ccc5c4sc4ccccc45)cc3)c2)cc1. The van der Waals surface area contributed by atoms with Crippen LogP contribution in [0.15, 0.2) is 188 Å². The molecule has 0 saturated heterocycles. The van der Waals surface area contributed by atoms with Gasteiger partial charge in [-0.1, -0.05) is 140 Å². The van der Waals surface area contributed by atoms with Gasteiger partial charge in [0.25, 0.3) is 0 Å². The first-order valence-corrected chi connectivity index (χ1v) is 18.9. The van der Waals surface area contributed by atoms with Crippen LogP contribution >= 0.6 is 22.7 Å². The van der Waals surface area contributed by atoms with Crippen LogP contribution in [0.1, 0.15) is 0 Å². The molecule has 0 amide bonds. The van der Waals surface area contributed by atoms with E-state index >= 15 is 0 Å². The van der Waals surface area contributed by atoms with Gasteiger partial charge in [-0.05, 0) is 76.3 Å². The van der Waals surface area contributed by atoms with E-state index in [9.17, 15) is 0 Å². The largest absolute Gasteiger partial charge is 0.308 e. The van der Waals surface area contributed by atoms with Crippen LogP contribution in [0.25, 0.3) is 73.7 Å². The topological polar surface area (TPSA) is 3.24 Å². The second-order valence-corrected chi connectivity index (χ2v) is 15.0. The lowest BCUT2D eigenvalue weighted by Crippen LogP contribution is -2.11. The van der Waals surface area contributed by atoms with Crippen LogP contribution in [0.5, 0.6) is 0 Å². The predicted molar refractivity (Wildman–Crippen MR) is 223 cm³/mol. The molecule has 51 heavy (non-hydrogen) atoms. The maximum Gasteiger partial charge on any atom is 0.0718 e. The highest BCUT2D eigenvalue weighted by Crippen LogP contribution is 2.50. The standard InChI is InChI=1S/C48H31NS2/c1-3-12-32(13-4-1)35-16-11-17-36(30-35)33-22-24-37(25-23-33)49(38-26-29-46-43(31-38)41-19-8-9-20-44(41)50-46)47-39(34-14-5-2-6-15-34)27-28-42-40-18-7-10-21-45(40)51-48(42)47/h1-31H. The molecule has 0 saturated carbocycles. The summed E-state index contributed by atoms with van der Waals surface area (Å²) in [7, 11) is 0. The quantitative estimate of drug-likeness (QED) is 0.168. The van der Waals surface area contributed by atoms with Crippen molar-refractivity contribution in [3.63, 3.8) is 0 Å². The molecular weight excluding hydrogens is 655 g/mol. The maximum absolute atomic E-state index is 2.50. The van der Waals surface area contributed by atoms with E-state index in [1.165, 1.54) is 79.4 Å². The summed E-state index contributed by atoms with van der Waals surface area (Å²) in [5.74, 6) is 0. The smallest absolute Gasteiger partial charge is 0.0718 e. The summed E-state index contributed by atoms with van der Waals surface area (Å²) < 4.78 is 5.20. The molecule has 2 heterocycles. The molecule has 0 N–H and O–H groups in total. The molecule has 0 aliphatic carbocycles. The minimum Gasteiger partial charge on any atom is -0.308 e. The lowest BCUT2D eigenvalue weighted by Gasteiger charge is -2.29. The summed E-state index contributed by atoms with van der Waals surface area (Å²) >= 11 is 3.74. The van der Waals surface area contributed by atoms with Gasteiger partial charge < -0.3 is 4.90 Å². The van der Waals surface area contributed by atoms with Crippen molar-refractivity contribution < 1.29 is 0 Å². The third-order valence-electron chi connectivity index (χ3n) is 9.88. The zero-order chi connectivity index (χ0) is 33.7. The molecule has 10 aromatic rings. The molecule has 240 valence electrons. The molecule has 0 fully saturated rings. The zero-order valence-electron chi connectivity index (χ0n) is 27.7. The summed E-state index contributed by atoms with van der Waals surface area (Å²) in [5, 5.41) is 5.17. The third-order valence-corrected chi connectivity index (χ3v) is 12.2. The average Bonchev–Trinajstić information content (AvgIpc) is 3.77. The zero-order valence-corrected chi connectivity index (χ0v) is 29.3. The van der Waals surface area contributed by atoms with Crippen molar-refractivity contribution in [1.82, 2.24) is 0 Å². The normalized spacial score (nSPS) is 11.5. The molecule has 0 spiro atoms. The molecule has 0 aliphatic rings. The Balaban J connectivity index is 1.21. The first-order chi connectivity index (χ1) is 25.3.